The van der Waals surface area contributed by atoms with E-state index in [2.05, 4.69) is 32.6 Å². The second-order valence-electron chi connectivity index (χ2n) is 7.38. The normalized spacial score (nSPS) is 23.0. The molecular weight excluding hydrogens is 348 g/mol. The summed E-state index contributed by atoms with van der Waals surface area (Å²) in [7, 11) is 0. The summed E-state index contributed by atoms with van der Waals surface area (Å²) >= 11 is 1.80. The molecule has 1 aromatic rings. The van der Waals surface area contributed by atoms with Crippen molar-refractivity contribution in [2.45, 2.75) is 38.3 Å². The van der Waals surface area contributed by atoms with Crippen molar-refractivity contribution in [3.8, 4) is 0 Å². The van der Waals surface area contributed by atoms with E-state index in [1.165, 1.54) is 4.88 Å². The van der Waals surface area contributed by atoms with Crippen LogP contribution in [0.2, 0.25) is 0 Å². The zero-order valence-corrected chi connectivity index (χ0v) is 16.4. The van der Waals surface area contributed by atoms with Crippen LogP contribution >= 0.6 is 11.3 Å². The van der Waals surface area contributed by atoms with Crippen LogP contribution in [-0.2, 0) is 6.54 Å². The molecule has 0 saturated carbocycles. The van der Waals surface area contributed by atoms with Gasteiger partial charge in [-0.15, -0.1) is 11.3 Å². The first-order valence-corrected chi connectivity index (χ1v) is 10.8. The SMILES string of the molecule is O=C(NCCCN1CCCC(O)C1)N1CCCN(Cc2cccs2)CC1. The largest absolute Gasteiger partial charge is 0.392 e. The Morgan fingerprint density at radius 1 is 1.19 bits per heavy atom. The molecular formula is C19H32N4O2S. The predicted octanol–water partition coefficient (Wildman–Crippen LogP) is 1.81. The molecule has 1 atom stereocenters. The van der Waals surface area contributed by atoms with Gasteiger partial charge in [0.2, 0.25) is 0 Å². The number of aliphatic hydroxyl groups is 1. The first kappa shape index (κ1) is 19.6. The fourth-order valence-electron chi connectivity index (χ4n) is 3.80. The van der Waals surface area contributed by atoms with Crippen molar-refractivity contribution >= 4 is 17.4 Å². The number of carbonyl (C=O) groups is 1. The molecule has 2 amide bonds. The molecule has 1 aromatic heterocycles. The molecule has 1 unspecified atom stereocenters. The van der Waals surface area contributed by atoms with E-state index in [1.807, 2.05) is 4.90 Å². The van der Waals surface area contributed by atoms with Gasteiger partial charge < -0.3 is 20.2 Å². The van der Waals surface area contributed by atoms with Gasteiger partial charge in [-0.25, -0.2) is 4.79 Å². The first-order valence-electron chi connectivity index (χ1n) is 9.88. The Balaban J connectivity index is 1.31. The molecule has 26 heavy (non-hydrogen) atoms. The number of aliphatic hydroxyl groups excluding tert-OH is 1. The average Bonchev–Trinajstić information content (AvgIpc) is 3.03. The summed E-state index contributed by atoms with van der Waals surface area (Å²) < 4.78 is 0. The monoisotopic (exact) mass is 380 g/mol. The van der Waals surface area contributed by atoms with Crippen molar-refractivity contribution in [1.82, 2.24) is 20.0 Å². The number of thiophene rings is 1. The van der Waals surface area contributed by atoms with E-state index in [1.54, 1.807) is 11.3 Å². The molecule has 3 rings (SSSR count). The van der Waals surface area contributed by atoms with Crippen LogP contribution in [0.5, 0.6) is 0 Å². The van der Waals surface area contributed by atoms with Gasteiger partial charge in [0.25, 0.3) is 0 Å². The summed E-state index contributed by atoms with van der Waals surface area (Å²) in [5.74, 6) is 0. The fraction of sp³-hybridized carbons (Fsp3) is 0.737. The number of hydrogen-bond acceptors (Lipinski definition) is 5. The van der Waals surface area contributed by atoms with Crippen molar-refractivity contribution in [2.75, 3.05) is 52.4 Å². The Labute approximate surface area is 160 Å². The predicted molar refractivity (Wildman–Crippen MR) is 105 cm³/mol. The number of hydrogen-bond donors (Lipinski definition) is 2. The number of amides is 2. The van der Waals surface area contributed by atoms with Crippen molar-refractivity contribution in [3.63, 3.8) is 0 Å². The van der Waals surface area contributed by atoms with Gasteiger partial charge in [0.15, 0.2) is 0 Å². The molecule has 2 N–H and O–H groups in total. The standard InChI is InChI=1S/C19H32N4O2S/c24-17-5-1-8-21(15-17)9-3-7-20-19(25)23-11-4-10-22(12-13-23)16-18-6-2-14-26-18/h2,6,14,17,24H,1,3-5,7-13,15-16H2,(H,20,25). The Hall–Kier alpha value is -1.15. The molecule has 3 heterocycles. The number of rotatable bonds is 6. The average molecular weight is 381 g/mol. The van der Waals surface area contributed by atoms with Crippen LogP contribution in [0.25, 0.3) is 0 Å². The zero-order chi connectivity index (χ0) is 18.2. The molecule has 7 heteroatoms. The topological polar surface area (TPSA) is 59.1 Å². The van der Waals surface area contributed by atoms with Gasteiger partial charge in [-0.1, -0.05) is 6.07 Å². The Morgan fingerprint density at radius 2 is 2.08 bits per heavy atom. The molecule has 6 nitrogen and oxygen atoms in total. The van der Waals surface area contributed by atoms with Crippen LogP contribution in [0.1, 0.15) is 30.6 Å². The summed E-state index contributed by atoms with van der Waals surface area (Å²) in [6.07, 6.45) is 3.79. The van der Waals surface area contributed by atoms with Crippen LogP contribution < -0.4 is 5.32 Å². The number of carbonyl (C=O) groups excluding carboxylic acids is 1. The van der Waals surface area contributed by atoms with E-state index in [-0.39, 0.29) is 12.1 Å². The van der Waals surface area contributed by atoms with Gasteiger partial charge in [0, 0.05) is 50.7 Å². The number of likely N-dealkylation sites (tertiary alicyclic amines) is 1. The Morgan fingerprint density at radius 3 is 2.88 bits per heavy atom. The van der Waals surface area contributed by atoms with Crippen molar-refractivity contribution in [3.05, 3.63) is 22.4 Å². The highest BCUT2D eigenvalue weighted by Crippen LogP contribution is 2.14. The van der Waals surface area contributed by atoms with Crippen LogP contribution in [0, 0.1) is 0 Å². The molecule has 146 valence electrons. The number of β-amino-alcohol motifs (C(OH)–C–C–N with tert-alkyl or cyclic N) is 1. The van der Waals surface area contributed by atoms with Crippen molar-refractivity contribution in [1.29, 1.82) is 0 Å². The summed E-state index contributed by atoms with van der Waals surface area (Å²) in [4.78, 5) is 20.5. The molecule has 2 aliphatic rings. The molecule has 0 aromatic carbocycles. The highest BCUT2D eigenvalue weighted by Gasteiger charge is 2.20. The summed E-state index contributed by atoms with van der Waals surface area (Å²) in [5, 5.41) is 14.9. The number of urea groups is 1. The molecule has 0 bridgehead atoms. The van der Waals surface area contributed by atoms with E-state index >= 15 is 0 Å². The first-order chi connectivity index (χ1) is 12.7. The number of piperidine rings is 1. The number of nitrogens with zero attached hydrogens (tertiary/aromatic N) is 3. The number of nitrogens with one attached hydrogen (secondary N) is 1. The van der Waals surface area contributed by atoms with Gasteiger partial charge in [0.05, 0.1) is 6.10 Å². The minimum Gasteiger partial charge on any atom is -0.392 e. The Kier molecular flexibility index (Phi) is 7.73. The second kappa shape index (κ2) is 10.3. The lowest BCUT2D eigenvalue weighted by Gasteiger charge is -2.30. The van der Waals surface area contributed by atoms with Crippen molar-refractivity contribution < 1.29 is 9.90 Å². The Bertz CT molecular complexity index is 540. The second-order valence-corrected chi connectivity index (χ2v) is 8.41. The maximum Gasteiger partial charge on any atom is 0.317 e. The van der Waals surface area contributed by atoms with Gasteiger partial charge in [-0.3, -0.25) is 4.90 Å². The summed E-state index contributed by atoms with van der Waals surface area (Å²) in [6.45, 7) is 8.13. The van der Waals surface area contributed by atoms with Gasteiger partial charge >= 0.3 is 6.03 Å². The maximum atomic E-state index is 12.4. The van der Waals surface area contributed by atoms with E-state index in [0.717, 1.165) is 78.0 Å². The minimum atomic E-state index is -0.174. The van der Waals surface area contributed by atoms with Gasteiger partial charge in [-0.2, -0.15) is 0 Å². The van der Waals surface area contributed by atoms with E-state index in [0.29, 0.717) is 6.54 Å². The van der Waals surface area contributed by atoms with Crippen LogP contribution in [0.4, 0.5) is 4.79 Å². The molecule has 2 saturated heterocycles. The van der Waals surface area contributed by atoms with Crippen LogP contribution in [0.3, 0.4) is 0 Å². The van der Waals surface area contributed by atoms with Crippen LogP contribution in [0.15, 0.2) is 17.5 Å². The third-order valence-electron chi connectivity index (χ3n) is 5.24. The lowest BCUT2D eigenvalue weighted by molar-refractivity contribution is 0.0702. The van der Waals surface area contributed by atoms with E-state index in [9.17, 15) is 9.90 Å². The third kappa shape index (κ3) is 6.23. The lowest BCUT2D eigenvalue weighted by atomic mass is 10.1. The lowest BCUT2D eigenvalue weighted by Crippen LogP contribution is -2.43. The van der Waals surface area contributed by atoms with Gasteiger partial charge in [-0.05, 0) is 50.2 Å². The third-order valence-corrected chi connectivity index (χ3v) is 6.10. The zero-order valence-electron chi connectivity index (χ0n) is 15.6. The quantitative estimate of drug-likeness (QED) is 0.739. The van der Waals surface area contributed by atoms with Gasteiger partial charge in [0.1, 0.15) is 0 Å². The smallest absolute Gasteiger partial charge is 0.317 e. The molecule has 0 spiro atoms. The van der Waals surface area contributed by atoms with Crippen LogP contribution in [-0.4, -0.2) is 84.3 Å². The summed E-state index contributed by atoms with van der Waals surface area (Å²) in [6, 6.07) is 4.35. The molecule has 2 aliphatic heterocycles. The fourth-order valence-corrected chi connectivity index (χ4v) is 4.55. The van der Waals surface area contributed by atoms with E-state index < -0.39 is 0 Å². The van der Waals surface area contributed by atoms with Crippen molar-refractivity contribution in [2.24, 2.45) is 0 Å². The molecule has 0 aliphatic carbocycles. The summed E-state index contributed by atoms with van der Waals surface area (Å²) in [5.41, 5.74) is 0. The highest BCUT2D eigenvalue weighted by atomic mass is 32.1. The minimum absolute atomic E-state index is 0.0710. The molecule has 0 radical (unpaired) electrons. The molecule has 2 fully saturated rings. The highest BCUT2D eigenvalue weighted by molar-refractivity contribution is 7.09. The van der Waals surface area contributed by atoms with E-state index in [4.69, 9.17) is 0 Å². The maximum absolute atomic E-state index is 12.4.